The maximum Gasteiger partial charge on any atom is 0.239 e. The number of carbonyl (C=O) groups excluding carboxylic acids is 2. The van der Waals surface area contributed by atoms with Crippen LogP contribution < -0.4 is 10.6 Å². The van der Waals surface area contributed by atoms with Gasteiger partial charge in [0, 0.05) is 6.04 Å². The number of hydrogen-bond acceptors (Lipinski definition) is 4. The zero-order valence-electron chi connectivity index (χ0n) is 12.9. The van der Waals surface area contributed by atoms with E-state index in [4.69, 9.17) is 11.6 Å². The molecular weight excluding hydrogens is 340 g/mol. The highest BCUT2D eigenvalue weighted by Gasteiger charge is 2.39. The van der Waals surface area contributed by atoms with Crippen LogP contribution in [0.3, 0.4) is 0 Å². The molecule has 0 spiro atoms. The molecule has 1 fully saturated rings. The first-order valence-electron chi connectivity index (χ1n) is 7.19. The molecule has 1 atom stereocenters. The predicted octanol–water partition coefficient (Wildman–Crippen LogP) is 1.61. The van der Waals surface area contributed by atoms with Crippen LogP contribution in [0.4, 0.5) is 5.69 Å². The number of halogens is 1. The number of para-hydroxylation sites is 1. The number of sulfone groups is 1. The Balaban J connectivity index is 2.03. The van der Waals surface area contributed by atoms with Gasteiger partial charge in [-0.25, -0.2) is 8.42 Å². The van der Waals surface area contributed by atoms with Crippen LogP contribution in [-0.2, 0) is 19.4 Å². The molecule has 1 aromatic rings. The first-order chi connectivity index (χ1) is 10.6. The van der Waals surface area contributed by atoms with E-state index in [2.05, 4.69) is 10.6 Å². The summed E-state index contributed by atoms with van der Waals surface area (Å²) in [6.07, 6.45) is 0.371. The van der Waals surface area contributed by atoms with Crippen molar-refractivity contribution in [2.45, 2.75) is 26.3 Å². The van der Waals surface area contributed by atoms with Crippen molar-refractivity contribution in [3.63, 3.8) is 0 Å². The van der Waals surface area contributed by atoms with E-state index in [9.17, 15) is 18.0 Å². The molecule has 6 nitrogen and oxygen atoms in total. The van der Waals surface area contributed by atoms with E-state index >= 15 is 0 Å². The van der Waals surface area contributed by atoms with Gasteiger partial charge in [-0.15, -0.1) is 0 Å². The third-order valence-electron chi connectivity index (χ3n) is 3.83. The number of amides is 2. The largest absolute Gasteiger partial charge is 0.351 e. The molecule has 2 rings (SSSR count). The fourth-order valence-electron chi connectivity index (χ4n) is 2.22. The standard InChI is InChI=1S/C15H19ClN2O4S/c1-15(2,13(19)17-10-7-8-23(21,22)9-10)14(20)18-12-6-4-3-5-11(12)16/h3-6,10H,7-9H2,1-2H3,(H,17,19)(H,18,20). The molecule has 23 heavy (non-hydrogen) atoms. The van der Waals surface area contributed by atoms with Crippen LogP contribution in [0.1, 0.15) is 20.3 Å². The summed E-state index contributed by atoms with van der Waals surface area (Å²) in [5, 5.41) is 5.64. The Morgan fingerprint density at radius 1 is 1.22 bits per heavy atom. The van der Waals surface area contributed by atoms with Crippen LogP contribution >= 0.6 is 11.6 Å². The minimum Gasteiger partial charge on any atom is -0.351 e. The zero-order chi connectivity index (χ0) is 17.3. The normalized spacial score (nSPS) is 20.0. The van der Waals surface area contributed by atoms with Crippen molar-refractivity contribution in [1.82, 2.24) is 5.32 Å². The van der Waals surface area contributed by atoms with Crippen molar-refractivity contribution in [2.75, 3.05) is 16.8 Å². The van der Waals surface area contributed by atoms with Crippen molar-refractivity contribution in [3.05, 3.63) is 29.3 Å². The van der Waals surface area contributed by atoms with Gasteiger partial charge in [0.05, 0.1) is 22.2 Å². The molecule has 1 unspecified atom stereocenters. The second-order valence-electron chi connectivity index (χ2n) is 6.13. The molecular formula is C15H19ClN2O4S. The summed E-state index contributed by atoms with van der Waals surface area (Å²) in [6.45, 7) is 2.97. The Labute approximate surface area is 140 Å². The number of anilines is 1. The van der Waals surface area contributed by atoms with Gasteiger partial charge in [0.1, 0.15) is 5.41 Å². The fourth-order valence-corrected chi connectivity index (χ4v) is 4.08. The van der Waals surface area contributed by atoms with Gasteiger partial charge < -0.3 is 10.6 Å². The van der Waals surface area contributed by atoms with Crippen LogP contribution in [0.25, 0.3) is 0 Å². The monoisotopic (exact) mass is 358 g/mol. The summed E-state index contributed by atoms with van der Waals surface area (Å²) >= 11 is 5.98. The lowest BCUT2D eigenvalue weighted by atomic mass is 9.90. The molecule has 8 heteroatoms. The van der Waals surface area contributed by atoms with Crippen LogP contribution in [0, 0.1) is 5.41 Å². The average Bonchev–Trinajstić information content (AvgIpc) is 2.80. The predicted molar refractivity (Wildman–Crippen MR) is 89.1 cm³/mol. The van der Waals surface area contributed by atoms with E-state index in [0.717, 1.165) is 0 Å². The van der Waals surface area contributed by atoms with Crippen molar-refractivity contribution < 1.29 is 18.0 Å². The molecule has 0 aromatic heterocycles. The summed E-state index contributed by atoms with van der Waals surface area (Å²) in [6, 6.07) is 6.28. The van der Waals surface area contributed by atoms with E-state index in [1.165, 1.54) is 13.8 Å². The highest BCUT2D eigenvalue weighted by molar-refractivity contribution is 7.91. The van der Waals surface area contributed by atoms with Gasteiger partial charge >= 0.3 is 0 Å². The SMILES string of the molecule is CC(C)(C(=O)Nc1ccccc1Cl)C(=O)NC1CCS(=O)(=O)C1. The first kappa shape index (κ1) is 17.7. The lowest BCUT2D eigenvalue weighted by Crippen LogP contribution is -2.48. The Bertz CT molecular complexity index is 731. The quantitative estimate of drug-likeness (QED) is 0.800. The zero-order valence-corrected chi connectivity index (χ0v) is 14.5. The molecule has 1 aromatic carbocycles. The molecule has 2 amide bonds. The van der Waals surface area contributed by atoms with E-state index in [1.807, 2.05) is 0 Å². The lowest BCUT2D eigenvalue weighted by molar-refractivity contribution is -0.138. The van der Waals surface area contributed by atoms with E-state index < -0.39 is 33.1 Å². The summed E-state index contributed by atoms with van der Waals surface area (Å²) in [7, 11) is -3.09. The Hall–Kier alpha value is -1.60. The van der Waals surface area contributed by atoms with Gasteiger partial charge in [-0.2, -0.15) is 0 Å². The van der Waals surface area contributed by atoms with Crippen LogP contribution in [0.2, 0.25) is 5.02 Å². The molecule has 0 aliphatic carbocycles. The van der Waals surface area contributed by atoms with Crippen LogP contribution in [0.5, 0.6) is 0 Å². The highest BCUT2D eigenvalue weighted by atomic mass is 35.5. The number of hydrogen-bond donors (Lipinski definition) is 2. The highest BCUT2D eigenvalue weighted by Crippen LogP contribution is 2.25. The molecule has 0 bridgehead atoms. The van der Waals surface area contributed by atoms with Crippen molar-refractivity contribution in [1.29, 1.82) is 0 Å². The fraction of sp³-hybridized carbons (Fsp3) is 0.467. The van der Waals surface area contributed by atoms with E-state index in [1.54, 1.807) is 24.3 Å². The number of carbonyl (C=O) groups is 2. The Morgan fingerprint density at radius 3 is 2.43 bits per heavy atom. The van der Waals surface area contributed by atoms with Crippen molar-refractivity contribution in [3.8, 4) is 0 Å². The third-order valence-corrected chi connectivity index (χ3v) is 5.92. The van der Waals surface area contributed by atoms with Crippen molar-refractivity contribution >= 4 is 38.9 Å². The van der Waals surface area contributed by atoms with E-state index in [0.29, 0.717) is 17.1 Å². The molecule has 126 valence electrons. The molecule has 0 saturated carbocycles. The molecule has 1 heterocycles. The summed E-state index contributed by atoms with van der Waals surface area (Å²) in [5.41, 5.74) is -0.936. The second-order valence-corrected chi connectivity index (χ2v) is 8.77. The summed E-state index contributed by atoms with van der Waals surface area (Å²) in [4.78, 5) is 24.7. The lowest BCUT2D eigenvalue weighted by Gasteiger charge is -2.24. The minimum atomic E-state index is -3.09. The molecule has 1 aliphatic heterocycles. The third kappa shape index (κ3) is 4.23. The minimum absolute atomic E-state index is 0.0597. The maximum atomic E-state index is 12.4. The van der Waals surface area contributed by atoms with Crippen molar-refractivity contribution in [2.24, 2.45) is 5.41 Å². The number of benzene rings is 1. The second kappa shape index (κ2) is 6.49. The summed E-state index contributed by atoms with van der Waals surface area (Å²) < 4.78 is 22.9. The van der Waals surface area contributed by atoms with Gasteiger partial charge in [0.25, 0.3) is 0 Å². The van der Waals surface area contributed by atoms with Crippen LogP contribution in [0.15, 0.2) is 24.3 Å². The average molecular weight is 359 g/mol. The Kier molecular flexibility index (Phi) is 5.01. The number of nitrogens with one attached hydrogen (secondary N) is 2. The number of rotatable bonds is 4. The topological polar surface area (TPSA) is 92.3 Å². The molecule has 0 radical (unpaired) electrons. The Morgan fingerprint density at radius 2 is 1.87 bits per heavy atom. The van der Waals surface area contributed by atoms with Gasteiger partial charge in [-0.3, -0.25) is 9.59 Å². The van der Waals surface area contributed by atoms with Gasteiger partial charge in [0.15, 0.2) is 9.84 Å². The van der Waals surface area contributed by atoms with E-state index in [-0.39, 0.29) is 11.5 Å². The van der Waals surface area contributed by atoms with Crippen LogP contribution in [-0.4, -0.2) is 37.8 Å². The smallest absolute Gasteiger partial charge is 0.239 e. The maximum absolute atomic E-state index is 12.4. The van der Waals surface area contributed by atoms with Gasteiger partial charge in [-0.1, -0.05) is 23.7 Å². The summed E-state index contributed by atoms with van der Waals surface area (Å²) in [5.74, 6) is -1.04. The van der Waals surface area contributed by atoms with Gasteiger partial charge in [0.2, 0.25) is 11.8 Å². The van der Waals surface area contributed by atoms with Gasteiger partial charge in [-0.05, 0) is 32.4 Å². The first-order valence-corrected chi connectivity index (χ1v) is 9.39. The molecule has 2 N–H and O–H groups in total. The molecule has 1 aliphatic rings. The molecule has 1 saturated heterocycles.